The maximum Gasteiger partial charge on any atom is 0.0309 e. The minimum Gasteiger partial charge on any atom is -0.308 e. The second-order valence-electron chi connectivity index (χ2n) is 5.39. The Bertz CT molecular complexity index is 214. The van der Waals surface area contributed by atoms with Crippen molar-refractivity contribution < 1.29 is 0 Å². The molecule has 1 unspecified atom stereocenters. The van der Waals surface area contributed by atoms with E-state index in [9.17, 15) is 0 Å². The monoisotopic (exact) mass is 242 g/mol. The summed E-state index contributed by atoms with van der Waals surface area (Å²) in [7, 11) is 0. The van der Waals surface area contributed by atoms with Crippen LogP contribution < -0.4 is 5.32 Å². The Kier molecular flexibility index (Phi) is 4.57. The van der Waals surface area contributed by atoms with Gasteiger partial charge in [-0.3, -0.25) is 4.90 Å². The Morgan fingerprint density at radius 3 is 2.75 bits per heavy atom. The van der Waals surface area contributed by atoms with Crippen molar-refractivity contribution in [1.82, 2.24) is 10.2 Å². The van der Waals surface area contributed by atoms with Gasteiger partial charge in [0, 0.05) is 37.0 Å². The van der Waals surface area contributed by atoms with Crippen LogP contribution in [0.4, 0.5) is 0 Å². The molecular weight excluding hydrogens is 216 g/mol. The fourth-order valence-corrected chi connectivity index (χ4v) is 3.71. The SMILES string of the molecule is CCC1CNC2(CCCC2)CN1CCSC. The minimum atomic E-state index is 0.490. The van der Waals surface area contributed by atoms with Crippen LogP contribution in [0.1, 0.15) is 39.0 Å². The highest BCUT2D eigenvalue weighted by Crippen LogP contribution is 2.33. The Hall–Kier alpha value is 0.270. The molecule has 0 aromatic heterocycles. The Labute approximate surface area is 105 Å². The van der Waals surface area contributed by atoms with E-state index in [-0.39, 0.29) is 0 Å². The van der Waals surface area contributed by atoms with E-state index in [1.807, 2.05) is 11.8 Å². The molecule has 1 aliphatic carbocycles. The second-order valence-corrected chi connectivity index (χ2v) is 6.38. The van der Waals surface area contributed by atoms with Gasteiger partial charge in [0.05, 0.1) is 0 Å². The molecule has 2 nitrogen and oxygen atoms in total. The van der Waals surface area contributed by atoms with Crippen molar-refractivity contribution in [3.63, 3.8) is 0 Å². The molecule has 0 aromatic carbocycles. The molecule has 3 heteroatoms. The van der Waals surface area contributed by atoms with Gasteiger partial charge in [0.1, 0.15) is 0 Å². The van der Waals surface area contributed by atoms with Crippen molar-refractivity contribution in [2.45, 2.75) is 50.6 Å². The van der Waals surface area contributed by atoms with Gasteiger partial charge in [-0.1, -0.05) is 19.8 Å². The van der Waals surface area contributed by atoms with Gasteiger partial charge in [-0.25, -0.2) is 0 Å². The first-order valence-corrected chi connectivity index (χ1v) is 8.17. The molecule has 1 saturated heterocycles. The van der Waals surface area contributed by atoms with Gasteiger partial charge in [0.25, 0.3) is 0 Å². The number of piperazine rings is 1. The first-order valence-electron chi connectivity index (χ1n) is 6.78. The van der Waals surface area contributed by atoms with E-state index >= 15 is 0 Å². The lowest BCUT2D eigenvalue weighted by Gasteiger charge is -2.46. The fraction of sp³-hybridized carbons (Fsp3) is 1.00. The van der Waals surface area contributed by atoms with Crippen molar-refractivity contribution in [3.05, 3.63) is 0 Å². The molecule has 2 aliphatic rings. The van der Waals surface area contributed by atoms with E-state index < -0.39 is 0 Å². The highest BCUT2D eigenvalue weighted by molar-refractivity contribution is 7.98. The minimum absolute atomic E-state index is 0.490. The van der Waals surface area contributed by atoms with Gasteiger partial charge in [-0.2, -0.15) is 11.8 Å². The zero-order chi connectivity index (χ0) is 11.4. The van der Waals surface area contributed by atoms with E-state index in [0.717, 1.165) is 6.04 Å². The largest absolute Gasteiger partial charge is 0.308 e. The summed E-state index contributed by atoms with van der Waals surface area (Å²) in [5, 5.41) is 3.85. The Morgan fingerprint density at radius 1 is 1.38 bits per heavy atom. The lowest BCUT2D eigenvalue weighted by atomic mass is 9.92. The molecule has 0 radical (unpaired) electrons. The van der Waals surface area contributed by atoms with Crippen LogP contribution in [0, 0.1) is 0 Å². The lowest BCUT2D eigenvalue weighted by Crippen LogP contribution is -2.63. The van der Waals surface area contributed by atoms with Gasteiger partial charge < -0.3 is 5.32 Å². The Balaban J connectivity index is 1.94. The molecular formula is C13H26N2S. The average Bonchev–Trinajstić information content (AvgIpc) is 2.75. The molecule has 1 saturated carbocycles. The van der Waals surface area contributed by atoms with Crippen LogP contribution in [0.25, 0.3) is 0 Å². The van der Waals surface area contributed by atoms with Crippen molar-refractivity contribution in [1.29, 1.82) is 0 Å². The van der Waals surface area contributed by atoms with E-state index in [1.54, 1.807) is 0 Å². The zero-order valence-electron chi connectivity index (χ0n) is 10.8. The number of thioether (sulfide) groups is 1. The predicted molar refractivity (Wildman–Crippen MR) is 73.2 cm³/mol. The molecule has 16 heavy (non-hydrogen) atoms. The molecule has 1 heterocycles. The summed E-state index contributed by atoms with van der Waals surface area (Å²) in [6.07, 6.45) is 9.17. The van der Waals surface area contributed by atoms with Crippen molar-refractivity contribution in [2.24, 2.45) is 0 Å². The molecule has 1 aliphatic heterocycles. The number of hydrogen-bond acceptors (Lipinski definition) is 3. The zero-order valence-corrected chi connectivity index (χ0v) is 11.6. The smallest absolute Gasteiger partial charge is 0.0309 e. The van der Waals surface area contributed by atoms with Crippen LogP contribution in [0.3, 0.4) is 0 Å². The topological polar surface area (TPSA) is 15.3 Å². The molecule has 2 fully saturated rings. The summed E-state index contributed by atoms with van der Waals surface area (Å²) in [5.41, 5.74) is 0.490. The van der Waals surface area contributed by atoms with Gasteiger partial charge in [-0.05, 0) is 25.5 Å². The molecule has 1 atom stereocenters. The summed E-state index contributed by atoms with van der Waals surface area (Å²) >= 11 is 1.98. The predicted octanol–water partition coefficient (Wildman–Crippen LogP) is 2.35. The van der Waals surface area contributed by atoms with Gasteiger partial charge in [-0.15, -0.1) is 0 Å². The van der Waals surface area contributed by atoms with Crippen molar-refractivity contribution in [3.8, 4) is 0 Å². The molecule has 1 spiro atoms. The van der Waals surface area contributed by atoms with Crippen LogP contribution in [-0.2, 0) is 0 Å². The number of rotatable bonds is 4. The van der Waals surface area contributed by atoms with E-state index in [4.69, 9.17) is 0 Å². The summed E-state index contributed by atoms with van der Waals surface area (Å²) in [4.78, 5) is 2.75. The fourth-order valence-electron chi connectivity index (χ4n) is 3.30. The van der Waals surface area contributed by atoms with E-state index in [0.29, 0.717) is 5.54 Å². The third kappa shape index (κ3) is 2.74. The quantitative estimate of drug-likeness (QED) is 0.815. The number of hydrogen-bond donors (Lipinski definition) is 1. The van der Waals surface area contributed by atoms with Gasteiger partial charge in [0.2, 0.25) is 0 Å². The third-order valence-corrected chi connectivity index (χ3v) is 4.94. The summed E-state index contributed by atoms with van der Waals surface area (Å²) < 4.78 is 0. The molecule has 0 aromatic rings. The van der Waals surface area contributed by atoms with E-state index in [1.165, 1.54) is 57.5 Å². The van der Waals surface area contributed by atoms with Crippen LogP contribution in [0.2, 0.25) is 0 Å². The standard InChI is InChI=1S/C13H26N2S/c1-3-12-10-14-13(6-4-5-7-13)11-15(12)8-9-16-2/h12,14H,3-11H2,1-2H3. The highest BCUT2D eigenvalue weighted by Gasteiger charge is 2.40. The normalized spacial score (nSPS) is 30.0. The van der Waals surface area contributed by atoms with Crippen LogP contribution in [0.5, 0.6) is 0 Å². The molecule has 94 valence electrons. The molecule has 0 amide bonds. The highest BCUT2D eigenvalue weighted by atomic mass is 32.2. The first kappa shape index (κ1) is 12.7. The third-order valence-electron chi connectivity index (χ3n) is 4.35. The summed E-state index contributed by atoms with van der Waals surface area (Å²) in [6.45, 7) is 6.12. The van der Waals surface area contributed by atoms with E-state index in [2.05, 4.69) is 23.4 Å². The summed E-state index contributed by atoms with van der Waals surface area (Å²) in [6, 6.07) is 0.776. The maximum atomic E-state index is 3.85. The molecule has 2 rings (SSSR count). The molecule has 0 bridgehead atoms. The van der Waals surface area contributed by atoms with Gasteiger partial charge >= 0.3 is 0 Å². The Morgan fingerprint density at radius 2 is 2.12 bits per heavy atom. The first-order chi connectivity index (χ1) is 7.79. The summed E-state index contributed by atoms with van der Waals surface area (Å²) in [5.74, 6) is 1.28. The maximum absolute atomic E-state index is 3.85. The van der Waals surface area contributed by atoms with Crippen molar-refractivity contribution >= 4 is 11.8 Å². The van der Waals surface area contributed by atoms with Gasteiger partial charge in [0.15, 0.2) is 0 Å². The number of nitrogens with zero attached hydrogens (tertiary/aromatic N) is 1. The van der Waals surface area contributed by atoms with Crippen molar-refractivity contribution in [2.75, 3.05) is 31.6 Å². The second kappa shape index (κ2) is 5.74. The average molecular weight is 242 g/mol. The number of nitrogens with one attached hydrogen (secondary N) is 1. The van der Waals surface area contributed by atoms with Crippen LogP contribution in [0.15, 0.2) is 0 Å². The van der Waals surface area contributed by atoms with Crippen LogP contribution >= 0.6 is 11.8 Å². The van der Waals surface area contributed by atoms with Crippen LogP contribution in [-0.4, -0.2) is 48.1 Å². The molecule has 1 N–H and O–H groups in total. The lowest BCUT2D eigenvalue weighted by molar-refractivity contribution is 0.0845.